The Hall–Kier alpha value is -0.940. The molecular formula is C14H25N5. The fourth-order valence-corrected chi connectivity index (χ4v) is 3.68. The van der Waals surface area contributed by atoms with Crippen molar-refractivity contribution in [3.8, 4) is 0 Å². The highest BCUT2D eigenvalue weighted by Gasteiger charge is 2.39. The van der Waals surface area contributed by atoms with E-state index in [0.29, 0.717) is 5.54 Å². The molecular weight excluding hydrogens is 238 g/mol. The highest BCUT2D eigenvalue weighted by molar-refractivity contribution is 5.00. The molecule has 19 heavy (non-hydrogen) atoms. The van der Waals surface area contributed by atoms with Gasteiger partial charge in [-0.2, -0.15) is 5.10 Å². The van der Waals surface area contributed by atoms with Crippen LogP contribution in [-0.2, 0) is 13.1 Å². The lowest BCUT2D eigenvalue weighted by atomic mass is 9.79. The summed E-state index contributed by atoms with van der Waals surface area (Å²) in [4.78, 5) is 7.11. The predicted molar refractivity (Wildman–Crippen MR) is 74.8 cm³/mol. The first-order chi connectivity index (χ1) is 9.34. The zero-order chi connectivity index (χ0) is 13.1. The first-order valence-corrected chi connectivity index (χ1v) is 7.66. The van der Waals surface area contributed by atoms with Gasteiger partial charge in [-0.1, -0.05) is 19.3 Å². The van der Waals surface area contributed by atoms with Crippen LogP contribution in [0.5, 0.6) is 0 Å². The summed E-state index contributed by atoms with van der Waals surface area (Å²) in [5.41, 5.74) is 0.376. The Bertz CT molecular complexity index is 399. The molecule has 1 aliphatic heterocycles. The van der Waals surface area contributed by atoms with Crippen molar-refractivity contribution in [1.82, 2.24) is 25.0 Å². The molecule has 1 N–H and O–H groups in total. The minimum Gasteiger partial charge on any atom is -0.314 e. The molecule has 0 radical (unpaired) electrons. The molecule has 2 aliphatic rings. The van der Waals surface area contributed by atoms with E-state index in [0.717, 1.165) is 38.5 Å². The summed E-state index contributed by atoms with van der Waals surface area (Å²) in [5, 5.41) is 7.90. The van der Waals surface area contributed by atoms with E-state index in [-0.39, 0.29) is 0 Å². The maximum Gasteiger partial charge on any atom is 0.141 e. The zero-order valence-corrected chi connectivity index (χ0v) is 11.9. The van der Waals surface area contributed by atoms with E-state index in [1.165, 1.54) is 32.1 Å². The van der Waals surface area contributed by atoms with Crippen LogP contribution in [0.2, 0.25) is 0 Å². The Morgan fingerprint density at radius 1 is 1.32 bits per heavy atom. The van der Waals surface area contributed by atoms with Gasteiger partial charge in [0.1, 0.15) is 12.2 Å². The Balaban J connectivity index is 1.77. The molecule has 0 unspecified atom stereocenters. The van der Waals surface area contributed by atoms with Crippen molar-refractivity contribution in [3.63, 3.8) is 0 Å². The van der Waals surface area contributed by atoms with E-state index in [1.54, 1.807) is 6.33 Å². The van der Waals surface area contributed by atoms with Crippen molar-refractivity contribution < 1.29 is 0 Å². The number of rotatable bonds is 3. The third kappa shape index (κ3) is 2.54. The summed E-state index contributed by atoms with van der Waals surface area (Å²) in [7, 11) is 0. The molecule has 0 aromatic carbocycles. The molecule has 3 rings (SSSR count). The number of piperazine rings is 1. The number of nitrogens with one attached hydrogen (secondary N) is 1. The Labute approximate surface area is 115 Å². The van der Waals surface area contributed by atoms with Gasteiger partial charge in [-0.25, -0.2) is 9.67 Å². The van der Waals surface area contributed by atoms with Gasteiger partial charge in [0, 0.05) is 31.7 Å². The van der Waals surface area contributed by atoms with Crippen molar-refractivity contribution in [1.29, 1.82) is 0 Å². The summed E-state index contributed by atoms with van der Waals surface area (Å²) in [6.45, 7) is 7.38. The number of aromatic nitrogens is 3. The van der Waals surface area contributed by atoms with Gasteiger partial charge in [0.2, 0.25) is 0 Å². The summed E-state index contributed by atoms with van der Waals surface area (Å²) in [5.74, 6) is 1.12. The largest absolute Gasteiger partial charge is 0.314 e. The molecule has 1 aromatic rings. The standard InChI is InChI=1S/C14H25N5/c1-2-19-13(16-12-17-19)10-18-9-8-15-11-14(18)6-4-3-5-7-14/h12,15H,2-11H2,1H3. The van der Waals surface area contributed by atoms with Crippen LogP contribution in [0.1, 0.15) is 44.9 Å². The van der Waals surface area contributed by atoms with Gasteiger partial charge in [-0.3, -0.25) is 4.90 Å². The van der Waals surface area contributed by atoms with Crippen LogP contribution in [0.4, 0.5) is 0 Å². The summed E-state index contributed by atoms with van der Waals surface area (Å²) < 4.78 is 2.03. The molecule has 0 amide bonds. The van der Waals surface area contributed by atoms with Crippen molar-refractivity contribution in [2.45, 2.75) is 57.7 Å². The van der Waals surface area contributed by atoms with Gasteiger partial charge >= 0.3 is 0 Å². The summed E-state index contributed by atoms with van der Waals surface area (Å²) >= 11 is 0. The van der Waals surface area contributed by atoms with Gasteiger partial charge in [0.05, 0.1) is 6.54 Å². The van der Waals surface area contributed by atoms with Crippen LogP contribution in [0, 0.1) is 0 Å². The normalized spacial score (nSPS) is 23.8. The molecule has 1 spiro atoms. The summed E-state index contributed by atoms with van der Waals surface area (Å²) in [6.07, 6.45) is 8.51. The van der Waals surface area contributed by atoms with Crippen LogP contribution in [0.3, 0.4) is 0 Å². The van der Waals surface area contributed by atoms with Crippen molar-refractivity contribution in [2.24, 2.45) is 0 Å². The first-order valence-electron chi connectivity index (χ1n) is 7.66. The molecule has 106 valence electrons. The Morgan fingerprint density at radius 3 is 2.95 bits per heavy atom. The average molecular weight is 263 g/mol. The molecule has 1 saturated heterocycles. The number of aryl methyl sites for hydroxylation is 1. The molecule has 5 heteroatoms. The summed E-state index contributed by atoms with van der Waals surface area (Å²) in [6, 6.07) is 0. The Kier molecular flexibility index (Phi) is 3.84. The molecule has 1 aromatic heterocycles. The molecule has 2 heterocycles. The van der Waals surface area contributed by atoms with Gasteiger partial charge in [-0.05, 0) is 19.8 Å². The smallest absolute Gasteiger partial charge is 0.141 e. The van der Waals surface area contributed by atoms with Gasteiger partial charge < -0.3 is 5.32 Å². The van der Waals surface area contributed by atoms with Gasteiger partial charge in [-0.15, -0.1) is 0 Å². The maximum absolute atomic E-state index is 4.45. The number of nitrogens with zero attached hydrogens (tertiary/aromatic N) is 4. The minimum absolute atomic E-state index is 0.376. The van der Waals surface area contributed by atoms with Gasteiger partial charge in [0.15, 0.2) is 0 Å². The molecule has 1 saturated carbocycles. The average Bonchev–Trinajstić information content (AvgIpc) is 2.90. The monoisotopic (exact) mass is 263 g/mol. The third-order valence-electron chi connectivity index (χ3n) is 4.80. The van der Waals surface area contributed by atoms with E-state index in [4.69, 9.17) is 0 Å². The van der Waals surface area contributed by atoms with Crippen LogP contribution < -0.4 is 5.32 Å². The second kappa shape index (κ2) is 5.59. The maximum atomic E-state index is 4.45. The molecule has 1 aliphatic carbocycles. The second-order valence-electron chi connectivity index (χ2n) is 5.88. The second-order valence-corrected chi connectivity index (χ2v) is 5.88. The molecule has 5 nitrogen and oxygen atoms in total. The van der Waals surface area contributed by atoms with Crippen LogP contribution in [0.25, 0.3) is 0 Å². The molecule has 0 bridgehead atoms. The van der Waals surface area contributed by atoms with E-state index < -0.39 is 0 Å². The Morgan fingerprint density at radius 2 is 2.16 bits per heavy atom. The predicted octanol–water partition coefficient (Wildman–Crippen LogP) is 1.41. The van der Waals surface area contributed by atoms with Crippen molar-refractivity contribution in [3.05, 3.63) is 12.2 Å². The van der Waals surface area contributed by atoms with Crippen molar-refractivity contribution >= 4 is 0 Å². The van der Waals surface area contributed by atoms with E-state index in [9.17, 15) is 0 Å². The topological polar surface area (TPSA) is 46.0 Å². The highest BCUT2D eigenvalue weighted by atomic mass is 15.4. The zero-order valence-electron chi connectivity index (χ0n) is 11.9. The number of hydrogen-bond donors (Lipinski definition) is 1. The van der Waals surface area contributed by atoms with Crippen LogP contribution >= 0.6 is 0 Å². The molecule has 0 atom stereocenters. The fourth-order valence-electron chi connectivity index (χ4n) is 3.68. The third-order valence-corrected chi connectivity index (χ3v) is 4.80. The minimum atomic E-state index is 0.376. The van der Waals surface area contributed by atoms with E-state index in [2.05, 4.69) is 27.2 Å². The van der Waals surface area contributed by atoms with Gasteiger partial charge in [0.25, 0.3) is 0 Å². The fraction of sp³-hybridized carbons (Fsp3) is 0.857. The lowest BCUT2D eigenvalue weighted by Crippen LogP contribution is -2.61. The quantitative estimate of drug-likeness (QED) is 0.895. The first kappa shape index (κ1) is 13.1. The van der Waals surface area contributed by atoms with Crippen LogP contribution in [-0.4, -0.2) is 44.8 Å². The lowest BCUT2D eigenvalue weighted by Gasteiger charge is -2.49. The number of hydrogen-bond acceptors (Lipinski definition) is 4. The van der Waals surface area contributed by atoms with E-state index >= 15 is 0 Å². The van der Waals surface area contributed by atoms with Crippen LogP contribution in [0.15, 0.2) is 6.33 Å². The molecule has 2 fully saturated rings. The lowest BCUT2D eigenvalue weighted by molar-refractivity contribution is 0.0179. The van der Waals surface area contributed by atoms with Crippen molar-refractivity contribution in [2.75, 3.05) is 19.6 Å². The SMILES string of the molecule is CCn1ncnc1CN1CCNCC12CCCCC2. The highest BCUT2D eigenvalue weighted by Crippen LogP contribution is 2.35. The van der Waals surface area contributed by atoms with E-state index in [1.807, 2.05) is 4.68 Å².